The van der Waals surface area contributed by atoms with Crippen LogP contribution in [0.15, 0.2) is 41.5 Å². The Morgan fingerprint density at radius 1 is 1.19 bits per heavy atom. The van der Waals surface area contributed by atoms with E-state index in [-0.39, 0.29) is 18.6 Å². The maximum atomic E-state index is 12.7. The van der Waals surface area contributed by atoms with Gasteiger partial charge in [-0.15, -0.1) is 0 Å². The van der Waals surface area contributed by atoms with Gasteiger partial charge in [0.05, 0.1) is 24.7 Å². The van der Waals surface area contributed by atoms with Crippen LogP contribution in [0.4, 0.5) is 0 Å². The molecule has 0 radical (unpaired) electrons. The van der Waals surface area contributed by atoms with Crippen LogP contribution in [-0.4, -0.2) is 44.5 Å². The first-order valence-corrected chi connectivity index (χ1v) is 8.63. The standard InChI is InChI=1S/C20H22O6/c1-19(24)8-10-6-7-20(25)16(14(10)12(21)9-19)17(22)11-4-3-5-13(26-2)15(11)18(20)23/h3-7,16-18,22-25H,8-9H2,1-2H3/t16-,17-,18+,19-,20+/m0/s1. The van der Waals surface area contributed by atoms with E-state index in [1.165, 1.54) is 13.2 Å². The fourth-order valence-electron chi connectivity index (χ4n) is 4.65. The molecule has 6 heteroatoms. The smallest absolute Gasteiger partial charge is 0.162 e. The molecule has 0 bridgehead atoms. The van der Waals surface area contributed by atoms with Crippen molar-refractivity contribution in [3.8, 4) is 5.75 Å². The fraction of sp³-hybridized carbons (Fsp3) is 0.450. The van der Waals surface area contributed by atoms with Gasteiger partial charge in [-0.05, 0) is 30.2 Å². The van der Waals surface area contributed by atoms with E-state index in [4.69, 9.17) is 4.74 Å². The summed E-state index contributed by atoms with van der Waals surface area (Å²) in [6.07, 6.45) is 0.630. The van der Waals surface area contributed by atoms with E-state index in [1.807, 2.05) is 0 Å². The number of aliphatic hydroxyl groups is 4. The first-order chi connectivity index (χ1) is 12.2. The number of benzene rings is 1. The van der Waals surface area contributed by atoms with Crippen LogP contribution in [0.3, 0.4) is 0 Å². The average molecular weight is 358 g/mol. The number of hydrogen-bond acceptors (Lipinski definition) is 6. The van der Waals surface area contributed by atoms with Crippen LogP contribution in [0.25, 0.3) is 0 Å². The van der Waals surface area contributed by atoms with Gasteiger partial charge in [-0.1, -0.05) is 18.2 Å². The Kier molecular flexibility index (Phi) is 3.69. The Labute approximate surface area is 151 Å². The van der Waals surface area contributed by atoms with Crippen LogP contribution in [0.2, 0.25) is 0 Å². The third-order valence-corrected chi connectivity index (χ3v) is 5.79. The highest BCUT2D eigenvalue weighted by atomic mass is 16.5. The molecule has 0 spiro atoms. The Morgan fingerprint density at radius 3 is 2.62 bits per heavy atom. The van der Waals surface area contributed by atoms with E-state index in [9.17, 15) is 25.2 Å². The first-order valence-electron chi connectivity index (χ1n) is 8.63. The second kappa shape index (κ2) is 5.50. The Morgan fingerprint density at radius 2 is 1.92 bits per heavy atom. The topological polar surface area (TPSA) is 107 Å². The molecule has 0 saturated heterocycles. The second-order valence-corrected chi connectivity index (χ2v) is 7.72. The Hall–Kier alpha value is -1.99. The molecule has 3 aliphatic carbocycles. The number of ether oxygens (including phenoxy) is 1. The molecule has 1 aromatic rings. The maximum absolute atomic E-state index is 12.7. The quantitative estimate of drug-likeness (QED) is 0.599. The van der Waals surface area contributed by atoms with E-state index in [1.54, 1.807) is 31.2 Å². The van der Waals surface area contributed by atoms with Gasteiger partial charge in [0, 0.05) is 24.0 Å². The molecule has 138 valence electrons. The van der Waals surface area contributed by atoms with Gasteiger partial charge < -0.3 is 25.2 Å². The van der Waals surface area contributed by atoms with Crippen molar-refractivity contribution in [2.75, 3.05) is 7.11 Å². The molecule has 0 aliphatic heterocycles. The largest absolute Gasteiger partial charge is 0.496 e. The molecular weight excluding hydrogens is 336 g/mol. The van der Waals surface area contributed by atoms with Crippen LogP contribution >= 0.6 is 0 Å². The number of allylic oxidation sites excluding steroid dienone is 1. The molecule has 26 heavy (non-hydrogen) atoms. The van der Waals surface area contributed by atoms with Gasteiger partial charge in [-0.25, -0.2) is 0 Å². The number of ketones is 1. The molecule has 4 rings (SSSR count). The molecule has 1 aromatic carbocycles. The van der Waals surface area contributed by atoms with Crippen LogP contribution < -0.4 is 4.74 Å². The molecule has 4 N–H and O–H groups in total. The molecule has 6 nitrogen and oxygen atoms in total. The Balaban J connectivity index is 1.92. The predicted molar refractivity (Wildman–Crippen MR) is 92.4 cm³/mol. The Bertz CT molecular complexity index is 852. The minimum absolute atomic E-state index is 0.0833. The lowest BCUT2D eigenvalue weighted by atomic mass is 9.60. The zero-order valence-electron chi connectivity index (χ0n) is 14.6. The van der Waals surface area contributed by atoms with E-state index in [2.05, 4.69) is 0 Å². The van der Waals surface area contributed by atoms with Crippen molar-refractivity contribution < 1.29 is 30.0 Å². The molecule has 0 heterocycles. The van der Waals surface area contributed by atoms with Crippen molar-refractivity contribution >= 4 is 5.78 Å². The number of aliphatic hydroxyl groups excluding tert-OH is 2. The van der Waals surface area contributed by atoms with Crippen LogP contribution in [0, 0.1) is 5.92 Å². The molecule has 0 saturated carbocycles. The number of rotatable bonds is 1. The first kappa shape index (κ1) is 17.4. The van der Waals surface area contributed by atoms with Crippen LogP contribution in [0.5, 0.6) is 5.75 Å². The summed E-state index contributed by atoms with van der Waals surface area (Å²) < 4.78 is 5.29. The highest BCUT2D eigenvalue weighted by molar-refractivity contribution is 5.99. The summed E-state index contributed by atoms with van der Waals surface area (Å²) in [5.74, 6) is -0.950. The van der Waals surface area contributed by atoms with Crippen LogP contribution in [-0.2, 0) is 4.79 Å². The lowest BCUT2D eigenvalue weighted by Gasteiger charge is -2.49. The summed E-state index contributed by atoms with van der Waals surface area (Å²) in [7, 11) is 1.45. The average Bonchev–Trinajstić information content (AvgIpc) is 2.58. The van der Waals surface area contributed by atoms with Gasteiger partial charge in [-0.3, -0.25) is 4.79 Å². The SMILES string of the molecule is COc1cccc2c1[C@@H](O)[C@@]1(O)C=CC3=C(C(=O)C[C@@](C)(O)C3)[C@H]1[C@H]2O. The van der Waals surface area contributed by atoms with Crippen LogP contribution in [0.1, 0.15) is 43.1 Å². The minimum atomic E-state index is -1.83. The molecule has 0 fully saturated rings. The van der Waals surface area contributed by atoms with Gasteiger partial charge in [0.2, 0.25) is 0 Å². The van der Waals surface area contributed by atoms with E-state index in [0.29, 0.717) is 28.0 Å². The number of carbonyl (C=O) groups excluding carboxylic acids is 1. The summed E-state index contributed by atoms with van der Waals surface area (Å²) in [4.78, 5) is 12.7. The zero-order chi connectivity index (χ0) is 18.9. The number of hydrogen-bond donors (Lipinski definition) is 4. The lowest BCUT2D eigenvalue weighted by molar-refractivity contribution is -0.135. The summed E-state index contributed by atoms with van der Waals surface area (Å²) in [6.45, 7) is 1.59. The number of carbonyl (C=O) groups is 1. The normalized spacial score (nSPS) is 38.5. The molecule has 0 unspecified atom stereocenters. The minimum Gasteiger partial charge on any atom is -0.496 e. The van der Waals surface area contributed by atoms with Crippen molar-refractivity contribution in [3.63, 3.8) is 0 Å². The molecule has 0 amide bonds. The van der Waals surface area contributed by atoms with Crippen molar-refractivity contribution in [2.45, 2.75) is 43.2 Å². The van der Waals surface area contributed by atoms with Crippen molar-refractivity contribution in [1.29, 1.82) is 0 Å². The number of fused-ring (bicyclic) bond motifs is 3. The summed E-state index contributed by atoms with van der Waals surface area (Å²) >= 11 is 0. The summed E-state index contributed by atoms with van der Waals surface area (Å²) in [5.41, 5.74) is -1.35. The molecular formula is C20H22O6. The maximum Gasteiger partial charge on any atom is 0.162 e. The van der Waals surface area contributed by atoms with Crippen molar-refractivity contribution in [1.82, 2.24) is 0 Å². The lowest BCUT2D eigenvalue weighted by Crippen LogP contribution is -2.53. The van der Waals surface area contributed by atoms with Crippen molar-refractivity contribution in [2.24, 2.45) is 5.92 Å². The summed E-state index contributed by atoms with van der Waals surface area (Å²) in [5, 5.41) is 43.6. The third kappa shape index (κ3) is 2.23. The number of methoxy groups -OCH3 is 1. The fourth-order valence-corrected chi connectivity index (χ4v) is 4.65. The second-order valence-electron chi connectivity index (χ2n) is 7.72. The monoisotopic (exact) mass is 358 g/mol. The van der Waals surface area contributed by atoms with Crippen molar-refractivity contribution in [3.05, 3.63) is 52.6 Å². The van der Waals surface area contributed by atoms with Gasteiger partial charge >= 0.3 is 0 Å². The van der Waals surface area contributed by atoms with Gasteiger partial charge in [0.25, 0.3) is 0 Å². The van der Waals surface area contributed by atoms with E-state index >= 15 is 0 Å². The molecule has 0 aromatic heterocycles. The summed E-state index contributed by atoms with van der Waals surface area (Å²) in [6, 6.07) is 5.01. The van der Waals surface area contributed by atoms with E-state index in [0.717, 1.165) is 0 Å². The van der Waals surface area contributed by atoms with E-state index < -0.39 is 29.3 Å². The highest BCUT2D eigenvalue weighted by Gasteiger charge is 2.57. The number of Topliss-reactive ketones (excluding diaryl/α,β-unsaturated/α-hetero) is 1. The zero-order valence-corrected chi connectivity index (χ0v) is 14.6. The van der Waals surface area contributed by atoms with Gasteiger partial charge in [-0.2, -0.15) is 0 Å². The molecule has 5 atom stereocenters. The molecule has 3 aliphatic rings. The predicted octanol–water partition coefficient (Wildman–Crippen LogP) is 1.10. The van der Waals surface area contributed by atoms with Gasteiger partial charge in [0.15, 0.2) is 5.78 Å². The van der Waals surface area contributed by atoms with Gasteiger partial charge in [0.1, 0.15) is 17.5 Å². The third-order valence-electron chi connectivity index (χ3n) is 5.79. The highest BCUT2D eigenvalue weighted by Crippen LogP contribution is 2.56.